The van der Waals surface area contributed by atoms with Crippen molar-refractivity contribution < 1.29 is 13.2 Å². The van der Waals surface area contributed by atoms with Gasteiger partial charge < -0.3 is 10.2 Å². The normalized spacial score (nSPS) is 13.9. The van der Waals surface area contributed by atoms with E-state index in [1.54, 1.807) is 12.1 Å². The topological polar surface area (TPSA) is 69.7 Å². The summed E-state index contributed by atoms with van der Waals surface area (Å²) in [7, 11) is -3.97. The molecule has 6 nitrogen and oxygen atoms in total. The van der Waals surface area contributed by atoms with Gasteiger partial charge in [0.25, 0.3) is 10.0 Å². The second-order valence-corrected chi connectivity index (χ2v) is 11.1. The zero-order valence-corrected chi connectivity index (χ0v) is 21.4. The molecule has 0 bridgehead atoms. The van der Waals surface area contributed by atoms with Gasteiger partial charge in [-0.1, -0.05) is 41.4 Å². The van der Waals surface area contributed by atoms with E-state index in [0.717, 1.165) is 28.5 Å². The highest BCUT2D eigenvalue weighted by Gasteiger charge is 2.27. The summed E-state index contributed by atoms with van der Waals surface area (Å²) >= 11 is 5.94. The van der Waals surface area contributed by atoms with Crippen molar-refractivity contribution >= 4 is 38.9 Å². The molecule has 1 saturated heterocycles. The quantitative estimate of drug-likeness (QED) is 0.454. The number of sulfonamides is 1. The molecule has 0 atom stereocenters. The summed E-state index contributed by atoms with van der Waals surface area (Å²) in [6.45, 7) is 4.06. The molecule has 0 unspecified atom stereocenters. The van der Waals surface area contributed by atoms with Crippen LogP contribution in [0.4, 0.5) is 11.4 Å². The maximum absolute atomic E-state index is 13.4. The number of anilines is 2. The van der Waals surface area contributed by atoms with Crippen LogP contribution >= 0.6 is 11.6 Å². The van der Waals surface area contributed by atoms with E-state index in [9.17, 15) is 13.2 Å². The Morgan fingerprint density at radius 1 is 0.914 bits per heavy atom. The number of aryl methyl sites for hydroxylation is 1. The second kappa shape index (κ2) is 11.1. The van der Waals surface area contributed by atoms with Gasteiger partial charge in [0.05, 0.1) is 10.6 Å². The van der Waals surface area contributed by atoms with Crippen LogP contribution in [0.1, 0.15) is 30.4 Å². The third kappa shape index (κ3) is 6.35. The molecule has 4 rings (SSSR count). The molecule has 1 heterocycles. The molecule has 1 aliphatic rings. The molecule has 1 fully saturated rings. The maximum atomic E-state index is 13.4. The Labute approximate surface area is 212 Å². The third-order valence-corrected chi connectivity index (χ3v) is 8.20. The maximum Gasteiger partial charge on any atom is 0.264 e. The van der Waals surface area contributed by atoms with Crippen LogP contribution in [-0.2, 0) is 21.4 Å². The number of piperidine rings is 1. The van der Waals surface area contributed by atoms with E-state index >= 15 is 0 Å². The Balaban J connectivity index is 1.46. The van der Waals surface area contributed by atoms with E-state index in [-0.39, 0.29) is 17.3 Å². The van der Waals surface area contributed by atoms with Gasteiger partial charge in [-0.3, -0.25) is 9.10 Å². The van der Waals surface area contributed by atoms with Gasteiger partial charge in [-0.2, -0.15) is 0 Å². The first kappa shape index (κ1) is 25.1. The van der Waals surface area contributed by atoms with Crippen molar-refractivity contribution in [3.63, 3.8) is 0 Å². The number of halogens is 1. The minimum atomic E-state index is -3.97. The average Bonchev–Trinajstić information content (AvgIpc) is 2.88. The van der Waals surface area contributed by atoms with Crippen LogP contribution in [0, 0.1) is 6.92 Å². The Kier molecular flexibility index (Phi) is 7.98. The Bertz CT molecular complexity index is 1240. The number of carbonyl (C=O) groups excluding carboxylic acids is 1. The monoisotopic (exact) mass is 511 g/mol. The zero-order valence-electron chi connectivity index (χ0n) is 19.8. The van der Waals surface area contributed by atoms with Crippen LogP contribution in [0.25, 0.3) is 0 Å². The van der Waals surface area contributed by atoms with Crippen molar-refractivity contribution in [2.45, 2.75) is 37.6 Å². The summed E-state index contributed by atoms with van der Waals surface area (Å²) in [6.07, 6.45) is 3.72. The van der Waals surface area contributed by atoms with E-state index in [4.69, 9.17) is 11.6 Å². The molecule has 0 radical (unpaired) electrons. The number of carbonyl (C=O) groups is 1. The average molecular weight is 512 g/mol. The summed E-state index contributed by atoms with van der Waals surface area (Å²) in [5.41, 5.74) is 3.57. The highest BCUT2D eigenvalue weighted by atomic mass is 35.5. The van der Waals surface area contributed by atoms with E-state index in [0.29, 0.717) is 17.3 Å². The van der Waals surface area contributed by atoms with Gasteiger partial charge in [0.1, 0.15) is 6.54 Å². The molecule has 1 N–H and O–H groups in total. The largest absolute Gasteiger partial charge is 0.372 e. The van der Waals surface area contributed by atoms with Crippen LogP contribution in [0.15, 0.2) is 77.7 Å². The molecule has 0 aromatic heterocycles. The van der Waals surface area contributed by atoms with Crippen LogP contribution in [-0.4, -0.2) is 34.0 Å². The van der Waals surface area contributed by atoms with Crippen LogP contribution < -0.4 is 14.5 Å². The zero-order chi connectivity index (χ0) is 24.8. The number of hydrogen-bond acceptors (Lipinski definition) is 4. The molecule has 8 heteroatoms. The smallest absolute Gasteiger partial charge is 0.264 e. The number of rotatable bonds is 8. The van der Waals surface area contributed by atoms with Crippen molar-refractivity contribution in [1.82, 2.24) is 5.32 Å². The predicted octanol–water partition coefficient (Wildman–Crippen LogP) is 5.15. The first-order valence-electron chi connectivity index (χ1n) is 11.8. The van der Waals surface area contributed by atoms with Gasteiger partial charge >= 0.3 is 0 Å². The van der Waals surface area contributed by atoms with Crippen LogP contribution in [0.5, 0.6) is 0 Å². The fourth-order valence-electron chi connectivity index (χ4n) is 4.12. The SMILES string of the molecule is Cc1ccc(N(CC(=O)NCc2ccc(N3CCCCC3)cc2)S(=O)(=O)c2ccc(Cl)cc2)cc1. The lowest BCUT2D eigenvalue weighted by Crippen LogP contribution is -2.40. The van der Waals surface area contributed by atoms with E-state index in [1.807, 2.05) is 31.2 Å². The summed E-state index contributed by atoms with van der Waals surface area (Å²) < 4.78 is 28.0. The van der Waals surface area contributed by atoms with Crippen LogP contribution in [0.3, 0.4) is 0 Å². The van der Waals surface area contributed by atoms with Gasteiger partial charge in [0, 0.05) is 30.3 Å². The molecule has 0 spiro atoms. The molecule has 1 amide bonds. The van der Waals surface area contributed by atoms with Crippen molar-refractivity contribution in [3.8, 4) is 0 Å². The Hall–Kier alpha value is -3.03. The summed E-state index contributed by atoms with van der Waals surface area (Å²) in [5, 5.41) is 3.30. The lowest BCUT2D eigenvalue weighted by molar-refractivity contribution is -0.119. The van der Waals surface area contributed by atoms with Gasteiger partial charge in [0.15, 0.2) is 0 Å². The van der Waals surface area contributed by atoms with Crippen molar-refractivity contribution in [2.75, 3.05) is 28.8 Å². The van der Waals surface area contributed by atoms with E-state index in [2.05, 4.69) is 22.3 Å². The molecule has 35 heavy (non-hydrogen) atoms. The van der Waals surface area contributed by atoms with Crippen molar-refractivity contribution in [3.05, 3.63) is 88.9 Å². The number of nitrogens with one attached hydrogen (secondary N) is 1. The molecule has 184 valence electrons. The lowest BCUT2D eigenvalue weighted by Gasteiger charge is -2.28. The molecule has 3 aromatic rings. The highest BCUT2D eigenvalue weighted by Crippen LogP contribution is 2.25. The first-order valence-corrected chi connectivity index (χ1v) is 13.6. The van der Waals surface area contributed by atoms with Gasteiger partial charge in [-0.15, -0.1) is 0 Å². The first-order chi connectivity index (χ1) is 16.8. The molecule has 1 aliphatic heterocycles. The molecule has 3 aromatic carbocycles. The fourth-order valence-corrected chi connectivity index (χ4v) is 5.67. The standard InChI is InChI=1S/C27H30ClN3O3S/c1-21-5-11-25(12-6-21)31(35(33,34)26-15-9-23(28)10-16-26)20-27(32)29-19-22-7-13-24(14-8-22)30-17-3-2-4-18-30/h5-16H,2-4,17-20H2,1H3,(H,29,32). The second-order valence-electron chi connectivity index (χ2n) is 8.79. The van der Waals surface area contributed by atoms with Crippen molar-refractivity contribution in [2.24, 2.45) is 0 Å². The number of nitrogens with zero attached hydrogens (tertiary/aromatic N) is 2. The Morgan fingerprint density at radius 2 is 1.54 bits per heavy atom. The molecular formula is C27H30ClN3O3S. The van der Waals surface area contributed by atoms with E-state index in [1.165, 1.54) is 49.2 Å². The van der Waals surface area contributed by atoms with Crippen LogP contribution in [0.2, 0.25) is 5.02 Å². The number of hydrogen-bond donors (Lipinski definition) is 1. The third-order valence-electron chi connectivity index (χ3n) is 6.16. The summed E-state index contributed by atoms with van der Waals surface area (Å²) in [4.78, 5) is 15.3. The fraction of sp³-hybridized carbons (Fsp3) is 0.296. The number of benzene rings is 3. The summed E-state index contributed by atoms with van der Waals surface area (Å²) in [6, 6.07) is 21.2. The molecule has 0 aliphatic carbocycles. The molecule has 0 saturated carbocycles. The van der Waals surface area contributed by atoms with Crippen molar-refractivity contribution in [1.29, 1.82) is 0 Å². The minimum Gasteiger partial charge on any atom is -0.372 e. The minimum absolute atomic E-state index is 0.0728. The summed E-state index contributed by atoms with van der Waals surface area (Å²) in [5.74, 6) is -0.386. The number of amides is 1. The highest BCUT2D eigenvalue weighted by molar-refractivity contribution is 7.92. The predicted molar refractivity (Wildman–Crippen MR) is 142 cm³/mol. The van der Waals surface area contributed by atoms with Gasteiger partial charge in [0.2, 0.25) is 5.91 Å². The Morgan fingerprint density at radius 3 is 2.17 bits per heavy atom. The van der Waals surface area contributed by atoms with Gasteiger partial charge in [-0.25, -0.2) is 8.42 Å². The molecular weight excluding hydrogens is 482 g/mol. The van der Waals surface area contributed by atoms with E-state index < -0.39 is 10.0 Å². The van der Waals surface area contributed by atoms with Gasteiger partial charge in [-0.05, 0) is 80.3 Å². The lowest BCUT2D eigenvalue weighted by atomic mass is 10.1.